The fourth-order valence-electron chi connectivity index (χ4n) is 3.41. The Morgan fingerprint density at radius 2 is 1.85 bits per heavy atom. The van der Waals surface area contributed by atoms with Gasteiger partial charge in [-0.1, -0.05) is 37.4 Å². The van der Waals surface area contributed by atoms with Gasteiger partial charge >= 0.3 is 0 Å². The summed E-state index contributed by atoms with van der Waals surface area (Å²) in [5.74, 6) is 2.36. The first-order valence-corrected chi connectivity index (χ1v) is 8.71. The van der Waals surface area contributed by atoms with Gasteiger partial charge in [0.2, 0.25) is 0 Å². The van der Waals surface area contributed by atoms with Crippen LogP contribution in [0.4, 0.5) is 0 Å². The second kappa shape index (κ2) is 9.07. The summed E-state index contributed by atoms with van der Waals surface area (Å²) < 4.78 is 11.3. The van der Waals surface area contributed by atoms with Crippen molar-refractivity contribution in [2.24, 2.45) is 17.8 Å². The first-order chi connectivity index (χ1) is 9.78. The van der Waals surface area contributed by atoms with Crippen molar-refractivity contribution in [3.8, 4) is 0 Å². The molecular formula is C17H29ClO2. The Bertz CT molecular complexity index is 279. The number of halogens is 1. The molecule has 116 valence electrons. The molecule has 2 rings (SSSR count). The highest BCUT2D eigenvalue weighted by Crippen LogP contribution is 2.33. The van der Waals surface area contributed by atoms with Crippen LogP contribution in [0.15, 0.2) is 11.6 Å². The summed E-state index contributed by atoms with van der Waals surface area (Å²) in [7, 11) is 0. The van der Waals surface area contributed by atoms with Crippen molar-refractivity contribution < 1.29 is 9.47 Å². The first kappa shape index (κ1) is 16.3. The molecule has 1 saturated carbocycles. The van der Waals surface area contributed by atoms with Gasteiger partial charge in [0.1, 0.15) is 0 Å². The van der Waals surface area contributed by atoms with Crippen LogP contribution in [0.1, 0.15) is 58.3 Å². The second-order valence-electron chi connectivity index (χ2n) is 6.54. The van der Waals surface area contributed by atoms with E-state index in [1.54, 1.807) is 5.54 Å². The Kier molecular flexibility index (Phi) is 7.40. The molecule has 1 heterocycles. The summed E-state index contributed by atoms with van der Waals surface area (Å²) in [4.78, 5) is 0. The van der Waals surface area contributed by atoms with Gasteiger partial charge in [-0.25, -0.2) is 0 Å². The molecule has 0 N–H and O–H groups in total. The molecule has 1 atom stereocenters. The number of hydrogen-bond donors (Lipinski definition) is 0. The van der Waals surface area contributed by atoms with Crippen molar-refractivity contribution in [2.45, 2.75) is 64.6 Å². The maximum absolute atomic E-state index is 5.66. The normalized spacial score (nSPS) is 30.7. The molecule has 0 radical (unpaired) electrons. The maximum Gasteiger partial charge on any atom is 0.157 e. The van der Waals surface area contributed by atoms with Crippen LogP contribution in [0.25, 0.3) is 0 Å². The van der Waals surface area contributed by atoms with E-state index in [0.717, 1.165) is 37.9 Å². The van der Waals surface area contributed by atoms with Gasteiger partial charge < -0.3 is 9.47 Å². The van der Waals surface area contributed by atoms with Crippen molar-refractivity contribution in [3.63, 3.8) is 0 Å². The number of rotatable bonds is 6. The lowest BCUT2D eigenvalue weighted by Gasteiger charge is -2.29. The van der Waals surface area contributed by atoms with E-state index >= 15 is 0 Å². The summed E-state index contributed by atoms with van der Waals surface area (Å²) in [6.45, 7) is 4.08. The highest BCUT2D eigenvalue weighted by molar-refractivity contribution is 6.25. The summed E-state index contributed by atoms with van der Waals surface area (Å²) in [5.41, 5.74) is 1.69. The minimum atomic E-state index is 0.0587. The molecule has 0 aromatic heterocycles. The van der Waals surface area contributed by atoms with Crippen LogP contribution in [0.5, 0.6) is 0 Å². The zero-order chi connectivity index (χ0) is 14.2. The van der Waals surface area contributed by atoms with Crippen LogP contribution in [0.3, 0.4) is 0 Å². The molecule has 3 heteroatoms. The Hall–Kier alpha value is -0.0500. The Morgan fingerprint density at radius 3 is 2.50 bits per heavy atom. The molecule has 0 bridgehead atoms. The fraction of sp³-hybridized carbons (Fsp3) is 0.882. The van der Waals surface area contributed by atoms with Crippen molar-refractivity contribution in [1.82, 2.24) is 0 Å². The van der Waals surface area contributed by atoms with Crippen molar-refractivity contribution in [2.75, 3.05) is 13.2 Å². The third-order valence-corrected chi connectivity index (χ3v) is 4.94. The van der Waals surface area contributed by atoms with Crippen molar-refractivity contribution in [3.05, 3.63) is 11.6 Å². The predicted molar refractivity (Wildman–Crippen MR) is 83.8 cm³/mol. The van der Waals surface area contributed by atoms with E-state index in [2.05, 4.69) is 13.0 Å². The molecule has 0 aromatic carbocycles. The van der Waals surface area contributed by atoms with E-state index in [9.17, 15) is 0 Å². The molecule has 1 unspecified atom stereocenters. The SMILES string of the molecule is CC(CCC1CCC(C=CCl)CC1)CC1OCCCO1. The predicted octanol–water partition coefficient (Wildman–Crippen LogP) is 5.11. The smallest absolute Gasteiger partial charge is 0.157 e. The van der Waals surface area contributed by atoms with E-state index in [0.29, 0.717) is 5.92 Å². The number of allylic oxidation sites excluding steroid dienone is 1. The summed E-state index contributed by atoms with van der Waals surface area (Å²) >= 11 is 5.66. The van der Waals surface area contributed by atoms with Crippen LogP contribution in [0, 0.1) is 17.8 Å². The van der Waals surface area contributed by atoms with Gasteiger partial charge in [0, 0.05) is 12.0 Å². The van der Waals surface area contributed by atoms with Gasteiger partial charge in [0.05, 0.1) is 13.2 Å². The topological polar surface area (TPSA) is 18.5 Å². The van der Waals surface area contributed by atoms with E-state index in [1.165, 1.54) is 38.5 Å². The Balaban J connectivity index is 1.58. The van der Waals surface area contributed by atoms with E-state index in [1.807, 2.05) is 0 Å². The average Bonchev–Trinajstić information content (AvgIpc) is 2.48. The third-order valence-electron chi connectivity index (χ3n) is 4.80. The van der Waals surface area contributed by atoms with Gasteiger partial charge in [-0.3, -0.25) is 0 Å². The van der Waals surface area contributed by atoms with Crippen molar-refractivity contribution >= 4 is 11.6 Å². The lowest BCUT2D eigenvalue weighted by atomic mass is 9.79. The zero-order valence-electron chi connectivity index (χ0n) is 12.7. The fourth-order valence-corrected chi connectivity index (χ4v) is 3.62. The Morgan fingerprint density at radius 1 is 1.15 bits per heavy atom. The molecule has 2 aliphatic rings. The minimum Gasteiger partial charge on any atom is -0.353 e. The van der Waals surface area contributed by atoms with Gasteiger partial charge in [0.15, 0.2) is 6.29 Å². The van der Waals surface area contributed by atoms with Gasteiger partial charge in [0.25, 0.3) is 0 Å². The second-order valence-corrected chi connectivity index (χ2v) is 6.79. The molecule has 1 saturated heterocycles. The number of hydrogen-bond acceptors (Lipinski definition) is 2. The highest BCUT2D eigenvalue weighted by Gasteiger charge is 2.21. The van der Waals surface area contributed by atoms with E-state index < -0.39 is 0 Å². The van der Waals surface area contributed by atoms with Gasteiger partial charge in [-0.15, -0.1) is 0 Å². The van der Waals surface area contributed by atoms with Gasteiger partial charge in [-0.2, -0.15) is 0 Å². The molecule has 1 aliphatic carbocycles. The molecule has 2 fully saturated rings. The van der Waals surface area contributed by atoms with Crippen molar-refractivity contribution in [1.29, 1.82) is 0 Å². The van der Waals surface area contributed by atoms with Crippen LogP contribution >= 0.6 is 11.6 Å². The quantitative estimate of drug-likeness (QED) is 0.678. The molecule has 0 spiro atoms. The average molecular weight is 301 g/mol. The molecular weight excluding hydrogens is 272 g/mol. The lowest BCUT2D eigenvalue weighted by Crippen LogP contribution is -2.26. The monoisotopic (exact) mass is 300 g/mol. The van der Waals surface area contributed by atoms with Gasteiger partial charge in [-0.05, 0) is 49.9 Å². The van der Waals surface area contributed by atoms with E-state index in [4.69, 9.17) is 21.1 Å². The van der Waals surface area contributed by atoms with E-state index in [-0.39, 0.29) is 6.29 Å². The molecule has 20 heavy (non-hydrogen) atoms. The largest absolute Gasteiger partial charge is 0.353 e. The van der Waals surface area contributed by atoms with Crippen LogP contribution in [0.2, 0.25) is 0 Å². The lowest BCUT2D eigenvalue weighted by molar-refractivity contribution is -0.186. The maximum atomic E-state index is 5.66. The van der Waals surface area contributed by atoms with Crippen LogP contribution < -0.4 is 0 Å². The molecule has 1 aliphatic heterocycles. The molecule has 0 amide bonds. The summed E-state index contributed by atoms with van der Waals surface area (Å²) in [6, 6.07) is 0. The zero-order valence-corrected chi connectivity index (χ0v) is 13.5. The summed E-state index contributed by atoms with van der Waals surface area (Å²) in [6.07, 6.45) is 12.4. The van der Waals surface area contributed by atoms with Crippen LogP contribution in [-0.2, 0) is 9.47 Å². The number of ether oxygens (including phenoxy) is 2. The van der Waals surface area contributed by atoms with Crippen LogP contribution in [-0.4, -0.2) is 19.5 Å². The highest BCUT2D eigenvalue weighted by atomic mass is 35.5. The minimum absolute atomic E-state index is 0.0587. The Labute approximate surface area is 128 Å². The first-order valence-electron chi connectivity index (χ1n) is 8.28. The third kappa shape index (κ3) is 5.75. The molecule has 2 nitrogen and oxygen atoms in total. The summed E-state index contributed by atoms with van der Waals surface area (Å²) in [5, 5.41) is 0. The molecule has 0 aromatic rings. The standard InChI is InChI=1S/C17H29ClO2/c1-14(13-17-19-11-2-12-20-17)3-4-15-5-7-16(8-6-15)9-10-18/h9-10,14-17H,2-8,11-13H2,1H3.